The molecule has 1 amide bonds. The van der Waals surface area contributed by atoms with Crippen molar-refractivity contribution in [3.63, 3.8) is 0 Å². The summed E-state index contributed by atoms with van der Waals surface area (Å²) in [6.07, 6.45) is 1.27. The summed E-state index contributed by atoms with van der Waals surface area (Å²) in [4.78, 5) is 22.3. The number of amides is 1. The van der Waals surface area contributed by atoms with E-state index in [-0.39, 0.29) is 5.91 Å². The molecular formula is C13H15NO3. The van der Waals surface area contributed by atoms with E-state index in [4.69, 9.17) is 0 Å². The average Bonchev–Trinajstić information content (AvgIpc) is 2.28. The number of esters is 1. The second-order valence-corrected chi connectivity index (χ2v) is 3.58. The minimum absolute atomic E-state index is 0.233. The summed E-state index contributed by atoms with van der Waals surface area (Å²) in [5, 5.41) is 2.62. The van der Waals surface area contributed by atoms with Crippen LogP contribution in [0.3, 0.4) is 0 Å². The highest BCUT2D eigenvalue weighted by atomic mass is 16.5. The minimum Gasteiger partial charge on any atom is -0.466 e. The second kappa shape index (κ2) is 5.84. The zero-order valence-corrected chi connectivity index (χ0v) is 10.1. The van der Waals surface area contributed by atoms with Crippen molar-refractivity contribution < 1.29 is 14.3 Å². The fraction of sp³-hybridized carbons (Fsp3) is 0.231. The predicted molar refractivity (Wildman–Crippen MR) is 65.0 cm³/mol. The highest BCUT2D eigenvalue weighted by Crippen LogP contribution is 2.16. The molecule has 0 saturated heterocycles. The minimum atomic E-state index is -0.503. The Hall–Kier alpha value is -2.10. The van der Waals surface area contributed by atoms with Gasteiger partial charge >= 0.3 is 5.97 Å². The molecule has 0 saturated carbocycles. The summed E-state index contributed by atoms with van der Waals surface area (Å²) >= 11 is 0. The van der Waals surface area contributed by atoms with Gasteiger partial charge in [-0.15, -0.1) is 0 Å². The average molecular weight is 233 g/mol. The number of benzene rings is 1. The Morgan fingerprint density at radius 3 is 2.47 bits per heavy atom. The first kappa shape index (κ1) is 13.0. The van der Waals surface area contributed by atoms with E-state index in [1.54, 1.807) is 0 Å². The molecule has 0 atom stereocenters. The predicted octanol–water partition coefficient (Wildman–Crippen LogP) is 1.65. The number of hydrogen-bond acceptors (Lipinski definition) is 3. The molecule has 4 nitrogen and oxygen atoms in total. The van der Waals surface area contributed by atoms with Gasteiger partial charge < -0.3 is 10.1 Å². The molecule has 1 aromatic carbocycles. The first-order valence-corrected chi connectivity index (χ1v) is 5.18. The lowest BCUT2D eigenvalue weighted by Crippen LogP contribution is -2.19. The zero-order chi connectivity index (χ0) is 12.8. The van der Waals surface area contributed by atoms with Crippen molar-refractivity contribution in [3.8, 4) is 0 Å². The largest absolute Gasteiger partial charge is 0.466 e. The Bertz CT molecular complexity index is 463. The molecule has 90 valence electrons. The molecule has 0 aromatic heterocycles. The first-order valence-electron chi connectivity index (χ1n) is 5.18. The van der Waals surface area contributed by atoms with Crippen molar-refractivity contribution >= 4 is 17.6 Å². The highest BCUT2D eigenvalue weighted by molar-refractivity contribution is 5.95. The Morgan fingerprint density at radius 2 is 1.94 bits per heavy atom. The number of carbonyl (C=O) groups excluding carboxylic acids is 2. The summed E-state index contributed by atoms with van der Waals surface area (Å²) in [5.74, 6) is -0.736. The van der Waals surface area contributed by atoms with E-state index in [1.807, 2.05) is 31.2 Å². The molecule has 4 heteroatoms. The van der Waals surface area contributed by atoms with Gasteiger partial charge in [0.25, 0.3) is 0 Å². The number of carbonyl (C=O) groups is 2. The van der Waals surface area contributed by atoms with E-state index >= 15 is 0 Å². The fourth-order valence-electron chi connectivity index (χ4n) is 1.42. The van der Waals surface area contributed by atoms with Crippen LogP contribution < -0.4 is 5.32 Å². The van der Waals surface area contributed by atoms with E-state index < -0.39 is 5.97 Å². The maximum atomic E-state index is 11.2. The molecule has 1 rings (SSSR count). The maximum absolute atomic E-state index is 11.2. The first-order chi connectivity index (χ1) is 8.04. The number of hydrogen-bond donors (Lipinski definition) is 1. The van der Waals surface area contributed by atoms with Crippen molar-refractivity contribution in [3.05, 3.63) is 41.5 Å². The molecule has 0 bridgehead atoms. The molecule has 1 N–H and O–H groups in total. The van der Waals surface area contributed by atoms with Gasteiger partial charge in [0.05, 0.1) is 12.8 Å². The summed E-state index contributed by atoms with van der Waals surface area (Å²) < 4.78 is 4.56. The van der Waals surface area contributed by atoms with E-state index in [9.17, 15) is 9.59 Å². The van der Waals surface area contributed by atoms with Gasteiger partial charge in [-0.3, -0.25) is 4.79 Å². The number of aryl methyl sites for hydroxylation is 1. The van der Waals surface area contributed by atoms with Crippen LogP contribution in [0.5, 0.6) is 0 Å². The molecule has 17 heavy (non-hydrogen) atoms. The van der Waals surface area contributed by atoms with Crippen LogP contribution in [-0.2, 0) is 14.3 Å². The third-order valence-electron chi connectivity index (χ3n) is 2.21. The molecule has 0 heterocycles. The topological polar surface area (TPSA) is 55.4 Å². The van der Waals surface area contributed by atoms with E-state index in [0.717, 1.165) is 11.1 Å². The van der Waals surface area contributed by atoms with Gasteiger partial charge in [-0.25, -0.2) is 4.79 Å². The number of ether oxygens (including phenoxy) is 1. The van der Waals surface area contributed by atoms with Crippen molar-refractivity contribution in [2.24, 2.45) is 0 Å². The van der Waals surface area contributed by atoms with Crippen LogP contribution >= 0.6 is 0 Å². The molecule has 0 radical (unpaired) electrons. The molecule has 0 aliphatic heterocycles. The number of methoxy groups -OCH3 is 1. The van der Waals surface area contributed by atoms with E-state index in [1.165, 1.54) is 20.1 Å². The van der Waals surface area contributed by atoms with E-state index in [0.29, 0.717) is 5.70 Å². The van der Waals surface area contributed by atoms with Gasteiger partial charge in [0.2, 0.25) is 5.91 Å². The molecule has 0 unspecified atom stereocenters. The monoisotopic (exact) mass is 233 g/mol. The summed E-state index contributed by atoms with van der Waals surface area (Å²) in [6.45, 7) is 3.30. The summed E-state index contributed by atoms with van der Waals surface area (Å²) in [5.41, 5.74) is 2.21. The highest BCUT2D eigenvalue weighted by Gasteiger charge is 2.08. The molecular weight excluding hydrogens is 218 g/mol. The van der Waals surface area contributed by atoms with Crippen LogP contribution in [-0.4, -0.2) is 19.0 Å². The Balaban J connectivity index is 3.15. The summed E-state index contributed by atoms with van der Waals surface area (Å²) in [7, 11) is 1.29. The van der Waals surface area contributed by atoms with Crippen LogP contribution in [0.2, 0.25) is 0 Å². The van der Waals surface area contributed by atoms with Crippen LogP contribution in [0.1, 0.15) is 18.1 Å². The Labute approximate surface area is 100 Å². The van der Waals surface area contributed by atoms with Crippen molar-refractivity contribution in [1.82, 2.24) is 5.32 Å². The molecule has 0 spiro atoms. The van der Waals surface area contributed by atoms with Crippen LogP contribution in [0, 0.1) is 6.92 Å². The van der Waals surface area contributed by atoms with Crippen LogP contribution in [0.15, 0.2) is 30.3 Å². The second-order valence-electron chi connectivity index (χ2n) is 3.58. The zero-order valence-electron chi connectivity index (χ0n) is 10.1. The standard InChI is InChI=1S/C13H15NO3/c1-9-6-4-5-7-11(9)12(14-10(2)15)8-13(16)17-3/h4-8H,1-3H3,(H,14,15). The fourth-order valence-corrected chi connectivity index (χ4v) is 1.42. The van der Waals surface area contributed by atoms with Gasteiger partial charge in [-0.2, -0.15) is 0 Å². The molecule has 0 fully saturated rings. The smallest absolute Gasteiger partial charge is 0.332 e. The van der Waals surface area contributed by atoms with Gasteiger partial charge in [0.1, 0.15) is 0 Å². The third kappa shape index (κ3) is 3.75. The lowest BCUT2D eigenvalue weighted by molar-refractivity contribution is -0.134. The number of rotatable bonds is 3. The van der Waals surface area contributed by atoms with Gasteiger partial charge in [-0.1, -0.05) is 24.3 Å². The maximum Gasteiger partial charge on any atom is 0.332 e. The van der Waals surface area contributed by atoms with Crippen LogP contribution in [0.25, 0.3) is 5.70 Å². The molecule has 0 aliphatic rings. The van der Waals surface area contributed by atoms with Crippen molar-refractivity contribution in [2.45, 2.75) is 13.8 Å². The lowest BCUT2D eigenvalue weighted by Gasteiger charge is -2.10. The van der Waals surface area contributed by atoms with Crippen LogP contribution in [0.4, 0.5) is 0 Å². The third-order valence-corrected chi connectivity index (χ3v) is 2.21. The van der Waals surface area contributed by atoms with Gasteiger partial charge in [0.15, 0.2) is 0 Å². The SMILES string of the molecule is COC(=O)C=C(NC(C)=O)c1ccccc1C. The van der Waals surface area contributed by atoms with Crippen molar-refractivity contribution in [1.29, 1.82) is 0 Å². The lowest BCUT2D eigenvalue weighted by atomic mass is 10.1. The summed E-state index contributed by atoms with van der Waals surface area (Å²) in [6, 6.07) is 7.47. The van der Waals surface area contributed by atoms with Gasteiger partial charge in [-0.05, 0) is 12.5 Å². The van der Waals surface area contributed by atoms with Gasteiger partial charge in [0, 0.05) is 18.6 Å². The normalized spacial score (nSPS) is 10.9. The number of nitrogens with one attached hydrogen (secondary N) is 1. The van der Waals surface area contributed by atoms with E-state index in [2.05, 4.69) is 10.1 Å². The molecule has 1 aromatic rings. The Morgan fingerprint density at radius 1 is 1.29 bits per heavy atom. The van der Waals surface area contributed by atoms with Crippen molar-refractivity contribution in [2.75, 3.05) is 7.11 Å². The molecule has 0 aliphatic carbocycles. The quantitative estimate of drug-likeness (QED) is 0.638. The Kier molecular flexibility index (Phi) is 4.46.